The average Bonchev–Trinajstić information content (AvgIpc) is 1.99. The SMILES string of the molecule is NC(=S)NN=C1NC(=O)CC(=O)N1. The maximum Gasteiger partial charge on any atom is 0.236 e. The second-order valence-electron chi connectivity index (χ2n) is 2.21. The van der Waals surface area contributed by atoms with Crippen LogP contribution in [0.5, 0.6) is 0 Å². The molecule has 0 aromatic rings. The average molecular weight is 201 g/mol. The molecule has 0 aromatic heterocycles. The molecule has 0 bridgehead atoms. The van der Waals surface area contributed by atoms with Gasteiger partial charge in [-0.15, -0.1) is 5.10 Å². The number of hydrazone groups is 1. The fourth-order valence-electron chi connectivity index (χ4n) is 0.696. The molecule has 1 saturated heterocycles. The highest BCUT2D eigenvalue weighted by Crippen LogP contribution is 1.86. The van der Waals surface area contributed by atoms with E-state index < -0.39 is 11.8 Å². The summed E-state index contributed by atoms with van der Waals surface area (Å²) in [4.78, 5) is 21.6. The van der Waals surface area contributed by atoms with Crippen molar-refractivity contribution in [3.8, 4) is 0 Å². The van der Waals surface area contributed by atoms with E-state index >= 15 is 0 Å². The fourth-order valence-corrected chi connectivity index (χ4v) is 0.742. The van der Waals surface area contributed by atoms with Crippen molar-refractivity contribution in [3.63, 3.8) is 0 Å². The Hall–Kier alpha value is -1.70. The van der Waals surface area contributed by atoms with Crippen LogP contribution in [-0.4, -0.2) is 22.9 Å². The van der Waals surface area contributed by atoms with Gasteiger partial charge in [0.2, 0.25) is 17.8 Å². The first kappa shape index (κ1) is 9.39. The number of hydrogen-bond acceptors (Lipinski definition) is 4. The predicted octanol–water partition coefficient (Wildman–Crippen LogP) is -2.27. The zero-order chi connectivity index (χ0) is 9.84. The third kappa shape index (κ3) is 3.03. The summed E-state index contributed by atoms with van der Waals surface area (Å²) >= 11 is 4.46. The Kier molecular flexibility index (Phi) is 2.75. The minimum atomic E-state index is -0.424. The number of nitrogens with one attached hydrogen (secondary N) is 3. The summed E-state index contributed by atoms with van der Waals surface area (Å²) in [5.74, 6) is -0.853. The highest BCUT2D eigenvalue weighted by atomic mass is 32.1. The van der Waals surface area contributed by atoms with Gasteiger partial charge in [0.05, 0.1) is 0 Å². The zero-order valence-electron chi connectivity index (χ0n) is 6.46. The number of guanidine groups is 1. The van der Waals surface area contributed by atoms with E-state index in [0.29, 0.717) is 0 Å². The van der Waals surface area contributed by atoms with Gasteiger partial charge in [0, 0.05) is 0 Å². The number of nitrogens with two attached hydrogens (primary N) is 1. The number of amides is 2. The molecule has 1 rings (SSSR count). The van der Waals surface area contributed by atoms with E-state index in [1.54, 1.807) is 0 Å². The van der Waals surface area contributed by atoms with Gasteiger partial charge in [-0.2, -0.15) is 0 Å². The molecule has 70 valence electrons. The second kappa shape index (κ2) is 3.81. The Labute approximate surface area is 78.7 Å². The maximum atomic E-state index is 10.8. The number of hydrogen-bond donors (Lipinski definition) is 4. The van der Waals surface area contributed by atoms with Crippen molar-refractivity contribution in [3.05, 3.63) is 0 Å². The van der Waals surface area contributed by atoms with Gasteiger partial charge >= 0.3 is 0 Å². The van der Waals surface area contributed by atoms with Crippen LogP contribution in [-0.2, 0) is 9.59 Å². The van der Waals surface area contributed by atoms with Gasteiger partial charge in [-0.1, -0.05) is 0 Å². The highest BCUT2D eigenvalue weighted by Gasteiger charge is 2.19. The highest BCUT2D eigenvalue weighted by molar-refractivity contribution is 7.80. The van der Waals surface area contributed by atoms with Crippen LogP contribution in [0.1, 0.15) is 6.42 Å². The summed E-state index contributed by atoms with van der Waals surface area (Å²) < 4.78 is 0. The Balaban J connectivity index is 2.59. The van der Waals surface area contributed by atoms with Crippen LogP contribution in [0.4, 0.5) is 0 Å². The van der Waals surface area contributed by atoms with E-state index in [4.69, 9.17) is 5.73 Å². The molecule has 5 N–H and O–H groups in total. The molecule has 0 aromatic carbocycles. The Morgan fingerprint density at radius 1 is 1.46 bits per heavy atom. The van der Waals surface area contributed by atoms with E-state index in [-0.39, 0.29) is 17.5 Å². The molecule has 7 nitrogen and oxygen atoms in total. The van der Waals surface area contributed by atoms with E-state index in [1.165, 1.54) is 0 Å². The van der Waals surface area contributed by atoms with E-state index in [1.807, 2.05) is 0 Å². The van der Waals surface area contributed by atoms with Crippen LogP contribution in [0.15, 0.2) is 5.10 Å². The van der Waals surface area contributed by atoms with Gasteiger partial charge in [-0.3, -0.25) is 25.6 Å². The van der Waals surface area contributed by atoms with Gasteiger partial charge in [0.1, 0.15) is 6.42 Å². The van der Waals surface area contributed by atoms with E-state index in [9.17, 15) is 9.59 Å². The molecular weight excluding hydrogens is 194 g/mol. The predicted molar refractivity (Wildman–Crippen MR) is 48.3 cm³/mol. The monoisotopic (exact) mass is 201 g/mol. The molecule has 1 aliphatic rings. The summed E-state index contributed by atoms with van der Waals surface area (Å²) in [5.41, 5.74) is 7.29. The maximum absolute atomic E-state index is 10.8. The number of nitrogens with zero attached hydrogens (tertiary/aromatic N) is 1. The molecule has 1 heterocycles. The van der Waals surface area contributed by atoms with Crippen LogP contribution in [0.3, 0.4) is 0 Å². The van der Waals surface area contributed by atoms with Crippen LogP contribution in [0.25, 0.3) is 0 Å². The summed E-state index contributed by atoms with van der Waals surface area (Å²) in [6.07, 6.45) is -0.202. The van der Waals surface area contributed by atoms with Gasteiger partial charge < -0.3 is 5.73 Å². The van der Waals surface area contributed by atoms with Crippen LogP contribution in [0.2, 0.25) is 0 Å². The molecule has 2 amide bonds. The van der Waals surface area contributed by atoms with Crippen molar-refractivity contribution in [1.82, 2.24) is 16.1 Å². The number of rotatable bonds is 1. The Morgan fingerprint density at radius 2 is 2.00 bits per heavy atom. The third-order valence-corrected chi connectivity index (χ3v) is 1.21. The van der Waals surface area contributed by atoms with Crippen molar-refractivity contribution in [2.45, 2.75) is 6.42 Å². The van der Waals surface area contributed by atoms with Crippen LogP contribution in [0, 0.1) is 0 Å². The topological polar surface area (TPSA) is 109 Å². The quantitative estimate of drug-likeness (QED) is 0.217. The van der Waals surface area contributed by atoms with E-state index in [2.05, 4.69) is 33.4 Å². The zero-order valence-corrected chi connectivity index (χ0v) is 7.27. The Bertz CT molecular complexity index is 281. The van der Waals surface area contributed by atoms with Crippen molar-refractivity contribution < 1.29 is 9.59 Å². The first-order valence-electron chi connectivity index (χ1n) is 3.31. The third-order valence-electron chi connectivity index (χ3n) is 1.11. The van der Waals surface area contributed by atoms with Crippen molar-refractivity contribution >= 4 is 35.1 Å². The molecular formula is C5H7N5O2S. The molecule has 0 spiro atoms. The largest absolute Gasteiger partial charge is 0.375 e. The second-order valence-corrected chi connectivity index (χ2v) is 2.65. The molecule has 8 heteroatoms. The lowest BCUT2D eigenvalue weighted by Crippen LogP contribution is -2.51. The lowest BCUT2D eigenvalue weighted by molar-refractivity contribution is -0.129. The molecule has 0 atom stereocenters. The number of carbonyl (C=O) groups excluding carboxylic acids is 2. The minimum absolute atomic E-state index is 0.00551. The molecule has 0 radical (unpaired) electrons. The smallest absolute Gasteiger partial charge is 0.236 e. The molecule has 0 unspecified atom stereocenters. The summed E-state index contributed by atoms with van der Waals surface area (Å²) in [6, 6.07) is 0. The molecule has 0 saturated carbocycles. The molecule has 1 aliphatic heterocycles. The van der Waals surface area contributed by atoms with Crippen molar-refractivity contribution in [2.75, 3.05) is 0 Å². The normalized spacial score (nSPS) is 15.8. The minimum Gasteiger partial charge on any atom is -0.375 e. The van der Waals surface area contributed by atoms with Gasteiger partial charge in [0.15, 0.2) is 5.11 Å². The van der Waals surface area contributed by atoms with E-state index in [0.717, 1.165) is 0 Å². The summed E-state index contributed by atoms with van der Waals surface area (Å²) in [7, 11) is 0. The first-order chi connectivity index (χ1) is 6.08. The number of carbonyl (C=O) groups is 2. The standard InChI is InChI=1S/C5H7N5O2S/c6-4(13)9-10-5-7-2(11)1-3(12)8-5/h1H2,(H3,6,9,13)(H2,7,8,10,11,12). The van der Waals surface area contributed by atoms with Crippen LogP contribution < -0.4 is 21.8 Å². The lowest BCUT2D eigenvalue weighted by Gasteiger charge is -2.14. The summed E-state index contributed by atoms with van der Waals surface area (Å²) in [6.45, 7) is 0. The molecule has 13 heavy (non-hydrogen) atoms. The number of thiocarbonyl (C=S) groups is 1. The van der Waals surface area contributed by atoms with Crippen LogP contribution >= 0.6 is 12.2 Å². The van der Waals surface area contributed by atoms with Crippen molar-refractivity contribution in [2.24, 2.45) is 10.8 Å². The molecule has 1 fully saturated rings. The lowest BCUT2D eigenvalue weighted by atomic mass is 10.3. The fraction of sp³-hybridized carbons (Fsp3) is 0.200. The van der Waals surface area contributed by atoms with Gasteiger partial charge in [-0.25, -0.2) is 0 Å². The Morgan fingerprint density at radius 3 is 2.46 bits per heavy atom. The van der Waals surface area contributed by atoms with Gasteiger partial charge in [0.25, 0.3) is 0 Å². The molecule has 0 aliphatic carbocycles. The first-order valence-corrected chi connectivity index (χ1v) is 3.71. The van der Waals surface area contributed by atoms with Gasteiger partial charge in [-0.05, 0) is 12.2 Å². The van der Waals surface area contributed by atoms with Crippen molar-refractivity contribution in [1.29, 1.82) is 0 Å². The summed E-state index contributed by atoms with van der Waals surface area (Å²) in [5, 5.41) is 8.07.